The molecule has 192 valence electrons. The smallest absolute Gasteiger partial charge is 0.410 e. The van der Waals surface area contributed by atoms with E-state index in [1.807, 2.05) is 73.5 Å². The summed E-state index contributed by atoms with van der Waals surface area (Å²) in [5.74, 6) is 0.459. The molecule has 1 amide bonds. The fraction of sp³-hybridized carbons (Fsp3) is 0.300. The standard InChI is InChI=1S/C30H33N3O4/c1-22-15-17-24(18-16-22)36-30(35)33(3)20-9-5-4-8-19-32(2)21-27-29(34)37-28(31-27)26-14-10-12-23-11-6-7-13-25(23)26/h6-7,10-18,21H,4-5,8-9,19-20H2,1-3H3/b27-21+. The molecule has 3 aromatic rings. The molecule has 0 aliphatic carbocycles. The number of fused-ring (bicyclic) bond motifs is 1. The van der Waals surface area contributed by atoms with Crippen molar-refractivity contribution in [1.29, 1.82) is 0 Å². The van der Waals surface area contributed by atoms with Crippen LogP contribution in [0.25, 0.3) is 10.8 Å². The third-order valence-corrected chi connectivity index (χ3v) is 6.28. The SMILES string of the molecule is Cc1ccc(OC(=O)N(C)CCCCCCN(C)/C=C2/N=C(c3cccc4ccccc34)OC2=O)cc1. The van der Waals surface area contributed by atoms with Gasteiger partial charge in [0.25, 0.3) is 0 Å². The van der Waals surface area contributed by atoms with Gasteiger partial charge in [0.15, 0.2) is 5.70 Å². The highest BCUT2D eigenvalue weighted by Gasteiger charge is 2.25. The third kappa shape index (κ3) is 6.97. The normalized spacial score (nSPS) is 14.0. The van der Waals surface area contributed by atoms with Gasteiger partial charge >= 0.3 is 12.1 Å². The van der Waals surface area contributed by atoms with Gasteiger partial charge in [0.05, 0.1) is 0 Å². The number of cyclic esters (lactones) is 1. The Bertz CT molecular complexity index is 1310. The molecule has 4 rings (SSSR count). The molecule has 1 heterocycles. The highest BCUT2D eigenvalue weighted by Crippen LogP contribution is 2.24. The maximum atomic E-state index is 12.4. The zero-order chi connectivity index (χ0) is 26.2. The van der Waals surface area contributed by atoms with Crippen LogP contribution in [0.2, 0.25) is 0 Å². The number of ether oxygens (including phenoxy) is 2. The second kappa shape index (κ2) is 12.2. The van der Waals surface area contributed by atoms with E-state index < -0.39 is 5.97 Å². The Morgan fingerprint density at radius 2 is 1.62 bits per heavy atom. The van der Waals surface area contributed by atoms with Crippen molar-refractivity contribution >= 4 is 28.7 Å². The topological polar surface area (TPSA) is 71.4 Å². The van der Waals surface area contributed by atoms with Crippen LogP contribution in [0.1, 0.15) is 36.8 Å². The monoisotopic (exact) mass is 499 g/mol. The summed E-state index contributed by atoms with van der Waals surface area (Å²) >= 11 is 0. The van der Waals surface area contributed by atoms with Crippen LogP contribution in [0.15, 0.2) is 83.6 Å². The molecule has 0 N–H and O–H groups in total. The van der Waals surface area contributed by atoms with Gasteiger partial charge in [0.1, 0.15) is 5.75 Å². The highest BCUT2D eigenvalue weighted by molar-refractivity contribution is 6.16. The van der Waals surface area contributed by atoms with Crippen LogP contribution >= 0.6 is 0 Å². The van der Waals surface area contributed by atoms with Crippen molar-refractivity contribution in [2.75, 3.05) is 27.2 Å². The van der Waals surface area contributed by atoms with Crippen molar-refractivity contribution < 1.29 is 19.1 Å². The maximum absolute atomic E-state index is 12.4. The molecule has 0 fully saturated rings. The number of carbonyl (C=O) groups excluding carboxylic acids is 2. The number of carbonyl (C=O) groups is 2. The molecule has 0 spiro atoms. The Morgan fingerprint density at radius 3 is 2.41 bits per heavy atom. The van der Waals surface area contributed by atoms with Crippen LogP contribution in [0.4, 0.5) is 4.79 Å². The number of unbranched alkanes of at least 4 members (excludes halogenated alkanes) is 3. The van der Waals surface area contributed by atoms with E-state index in [1.54, 1.807) is 30.3 Å². The first-order valence-electron chi connectivity index (χ1n) is 12.6. The summed E-state index contributed by atoms with van der Waals surface area (Å²) in [6.45, 7) is 3.43. The molecule has 3 aromatic carbocycles. The minimum Gasteiger partial charge on any atom is -0.410 e. The molecule has 0 saturated carbocycles. The molecule has 7 heteroatoms. The fourth-order valence-corrected chi connectivity index (χ4v) is 4.14. The lowest BCUT2D eigenvalue weighted by atomic mass is 10.0. The zero-order valence-electron chi connectivity index (χ0n) is 21.6. The van der Waals surface area contributed by atoms with Gasteiger partial charge in [-0.15, -0.1) is 0 Å². The number of aryl methyl sites for hydroxylation is 1. The molecule has 0 radical (unpaired) electrons. The summed E-state index contributed by atoms with van der Waals surface area (Å²) in [5.41, 5.74) is 2.24. The van der Waals surface area contributed by atoms with Crippen molar-refractivity contribution in [3.63, 3.8) is 0 Å². The second-order valence-corrected chi connectivity index (χ2v) is 9.34. The molecule has 1 aliphatic heterocycles. The van der Waals surface area contributed by atoms with E-state index in [0.29, 0.717) is 23.9 Å². The van der Waals surface area contributed by atoms with Gasteiger partial charge in [-0.25, -0.2) is 14.6 Å². The predicted octanol–water partition coefficient (Wildman–Crippen LogP) is 5.92. The number of amides is 1. The Hall–Kier alpha value is -4.13. The molecule has 1 aliphatic rings. The Balaban J connectivity index is 1.19. The van der Waals surface area contributed by atoms with Crippen molar-refractivity contribution in [2.45, 2.75) is 32.6 Å². The fourth-order valence-electron chi connectivity index (χ4n) is 4.14. The number of aliphatic imine (C=N–C) groups is 1. The second-order valence-electron chi connectivity index (χ2n) is 9.34. The molecule has 0 unspecified atom stereocenters. The summed E-state index contributed by atoms with van der Waals surface area (Å²) in [4.78, 5) is 32.7. The van der Waals surface area contributed by atoms with Crippen LogP contribution in [-0.2, 0) is 9.53 Å². The van der Waals surface area contributed by atoms with Gasteiger partial charge in [-0.1, -0.05) is 66.9 Å². The summed E-state index contributed by atoms with van der Waals surface area (Å²) in [5, 5.41) is 2.07. The zero-order valence-corrected chi connectivity index (χ0v) is 21.6. The number of esters is 1. The van der Waals surface area contributed by atoms with Gasteiger partial charge in [-0.3, -0.25) is 0 Å². The number of rotatable bonds is 10. The number of hydrogen-bond donors (Lipinski definition) is 0. The van der Waals surface area contributed by atoms with Gasteiger partial charge in [0.2, 0.25) is 5.90 Å². The molecule has 0 bridgehead atoms. The van der Waals surface area contributed by atoms with E-state index in [0.717, 1.165) is 54.1 Å². The molecule has 0 aromatic heterocycles. The van der Waals surface area contributed by atoms with E-state index >= 15 is 0 Å². The molecule has 0 saturated heterocycles. The van der Waals surface area contributed by atoms with Crippen LogP contribution in [0.5, 0.6) is 5.75 Å². The van der Waals surface area contributed by atoms with Gasteiger partial charge in [0, 0.05) is 38.9 Å². The minimum absolute atomic E-state index is 0.305. The van der Waals surface area contributed by atoms with Gasteiger partial charge in [-0.2, -0.15) is 0 Å². The first-order chi connectivity index (χ1) is 17.9. The lowest BCUT2D eigenvalue weighted by Crippen LogP contribution is -2.30. The first kappa shape index (κ1) is 25.9. The average Bonchev–Trinajstić information content (AvgIpc) is 3.26. The van der Waals surface area contributed by atoms with Crippen molar-refractivity contribution in [3.05, 3.63) is 89.8 Å². The van der Waals surface area contributed by atoms with Crippen LogP contribution < -0.4 is 4.74 Å². The first-order valence-corrected chi connectivity index (χ1v) is 12.6. The minimum atomic E-state index is -0.435. The molecule has 37 heavy (non-hydrogen) atoms. The van der Waals surface area contributed by atoms with Crippen molar-refractivity contribution in [3.8, 4) is 5.75 Å². The highest BCUT2D eigenvalue weighted by atomic mass is 16.6. The maximum Gasteiger partial charge on any atom is 0.414 e. The lowest BCUT2D eigenvalue weighted by molar-refractivity contribution is -0.130. The average molecular weight is 500 g/mol. The van der Waals surface area contributed by atoms with E-state index in [9.17, 15) is 9.59 Å². The lowest BCUT2D eigenvalue weighted by Gasteiger charge is -2.17. The number of nitrogens with zero attached hydrogens (tertiary/aromatic N) is 3. The van der Waals surface area contributed by atoms with Gasteiger partial charge in [-0.05, 0) is 48.7 Å². The predicted molar refractivity (Wildman–Crippen MR) is 146 cm³/mol. The van der Waals surface area contributed by atoms with Gasteiger partial charge < -0.3 is 19.3 Å². The summed E-state index contributed by atoms with van der Waals surface area (Å²) in [7, 11) is 3.69. The van der Waals surface area contributed by atoms with Crippen LogP contribution in [0, 0.1) is 6.92 Å². The number of hydrogen-bond acceptors (Lipinski definition) is 6. The molecular formula is C30H33N3O4. The van der Waals surface area contributed by atoms with E-state index in [2.05, 4.69) is 4.99 Å². The largest absolute Gasteiger partial charge is 0.414 e. The third-order valence-electron chi connectivity index (χ3n) is 6.28. The Labute approximate surface area is 218 Å². The molecule has 7 nitrogen and oxygen atoms in total. The van der Waals surface area contributed by atoms with E-state index in [4.69, 9.17) is 9.47 Å². The summed E-state index contributed by atoms with van der Waals surface area (Å²) < 4.78 is 10.9. The van der Waals surface area contributed by atoms with E-state index in [-0.39, 0.29) is 6.09 Å². The van der Waals surface area contributed by atoms with Crippen LogP contribution in [-0.4, -0.2) is 54.9 Å². The quantitative estimate of drug-likeness (QED) is 0.197. The van der Waals surface area contributed by atoms with Crippen molar-refractivity contribution in [1.82, 2.24) is 9.80 Å². The Morgan fingerprint density at radius 1 is 0.919 bits per heavy atom. The summed E-state index contributed by atoms with van der Waals surface area (Å²) in [6, 6.07) is 21.3. The summed E-state index contributed by atoms with van der Waals surface area (Å²) in [6.07, 6.45) is 5.28. The number of benzene rings is 3. The van der Waals surface area contributed by atoms with E-state index in [1.165, 1.54) is 0 Å². The molecular weight excluding hydrogens is 466 g/mol. The molecule has 0 atom stereocenters. The Kier molecular flexibility index (Phi) is 8.56. The van der Waals surface area contributed by atoms with Crippen molar-refractivity contribution in [2.24, 2.45) is 4.99 Å². The van der Waals surface area contributed by atoms with Crippen LogP contribution in [0.3, 0.4) is 0 Å².